The zero-order valence-electron chi connectivity index (χ0n) is 11.4. The fourth-order valence-corrected chi connectivity index (χ4v) is 1.96. The summed E-state index contributed by atoms with van der Waals surface area (Å²) in [6, 6.07) is 19.2. The first-order chi connectivity index (χ1) is 9.79. The molecule has 0 unspecified atom stereocenters. The highest BCUT2D eigenvalue weighted by Crippen LogP contribution is 2.11. The van der Waals surface area contributed by atoms with Gasteiger partial charge >= 0.3 is 5.97 Å². The van der Waals surface area contributed by atoms with E-state index in [9.17, 15) is 4.79 Å². The molecule has 2 aromatic rings. The van der Waals surface area contributed by atoms with Crippen molar-refractivity contribution in [2.75, 3.05) is 0 Å². The minimum atomic E-state index is -0.302. The molecule has 0 aliphatic rings. The summed E-state index contributed by atoms with van der Waals surface area (Å²) in [6.45, 7) is 3.74. The van der Waals surface area contributed by atoms with Crippen molar-refractivity contribution in [2.45, 2.75) is 18.9 Å². The largest absolute Gasteiger partial charge is 0.455 e. The van der Waals surface area contributed by atoms with Crippen molar-refractivity contribution >= 4 is 5.97 Å². The van der Waals surface area contributed by atoms with Gasteiger partial charge in [-0.1, -0.05) is 61.2 Å². The highest BCUT2D eigenvalue weighted by molar-refractivity contribution is 5.89. The SMILES string of the molecule is C=C[C@H](CCc1ccccc1)OC(=O)c1ccccc1. The van der Waals surface area contributed by atoms with Gasteiger partial charge < -0.3 is 4.74 Å². The maximum atomic E-state index is 12.0. The van der Waals surface area contributed by atoms with Gasteiger partial charge in [0.25, 0.3) is 0 Å². The highest BCUT2D eigenvalue weighted by Gasteiger charge is 2.12. The molecular formula is C18H18O2. The van der Waals surface area contributed by atoms with Crippen LogP contribution in [-0.4, -0.2) is 12.1 Å². The maximum absolute atomic E-state index is 12.0. The molecule has 2 aromatic carbocycles. The van der Waals surface area contributed by atoms with Crippen LogP contribution in [0.4, 0.5) is 0 Å². The summed E-state index contributed by atoms with van der Waals surface area (Å²) in [6.07, 6.45) is 3.03. The van der Waals surface area contributed by atoms with Crippen LogP contribution >= 0.6 is 0 Å². The van der Waals surface area contributed by atoms with Crippen LogP contribution in [0.15, 0.2) is 73.3 Å². The van der Waals surface area contributed by atoms with E-state index in [0.29, 0.717) is 5.56 Å². The van der Waals surface area contributed by atoms with Crippen LogP contribution < -0.4 is 0 Å². The Hall–Kier alpha value is -2.35. The third-order valence-corrected chi connectivity index (χ3v) is 3.09. The minimum absolute atomic E-state index is 0.261. The van der Waals surface area contributed by atoms with E-state index < -0.39 is 0 Å². The maximum Gasteiger partial charge on any atom is 0.338 e. The van der Waals surface area contributed by atoms with Crippen LogP contribution in [0.25, 0.3) is 0 Å². The van der Waals surface area contributed by atoms with Crippen molar-refractivity contribution in [1.29, 1.82) is 0 Å². The Balaban J connectivity index is 1.89. The molecule has 0 spiro atoms. The second-order valence-corrected chi connectivity index (χ2v) is 4.57. The van der Waals surface area contributed by atoms with E-state index in [4.69, 9.17) is 4.74 Å². The standard InChI is InChI=1S/C18H18O2/c1-2-17(14-13-15-9-5-3-6-10-15)20-18(19)16-11-7-4-8-12-16/h2-12,17H,1,13-14H2/t17-/m1/s1. The van der Waals surface area contributed by atoms with Gasteiger partial charge in [0.2, 0.25) is 0 Å². The van der Waals surface area contributed by atoms with Crippen LogP contribution in [0.1, 0.15) is 22.3 Å². The highest BCUT2D eigenvalue weighted by atomic mass is 16.5. The molecule has 0 radical (unpaired) electrons. The van der Waals surface area contributed by atoms with E-state index in [1.54, 1.807) is 18.2 Å². The number of ether oxygens (including phenoxy) is 1. The number of hydrogen-bond acceptors (Lipinski definition) is 2. The Kier molecular flexibility index (Phi) is 5.13. The van der Waals surface area contributed by atoms with Gasteiger partial charge in [0, 0.05) is 0 Å². The van der Waals surface area contributed by atoms with Gasteiger partial charge in [-0.05, 0) is 30.5 Å². The third-order valence-electron chi connectivity index (χ3n) is 3.09. The molecule has 20 heavy (non-hydrogen) atoms. The summed E-state index contributed by atoms with van der Waals surface area (Å²) in [7, 11) is 0. The van der Waals surface area contributed by atoms with Gasteiger partial charge in [0.1, 0.15) is 6.10 Å². The predicted octanol–water partition coefficient (Wildman–Crippen LogP) is 4.03. The molecular weight excluding hydrogens is 248 g/mol. The van der Waals surface area contributed by atoms with Crippen LogP contribution in [0, 0.1) is 0 Å². The first kappa shape index (κ1) is 14.1. The quantitative estimate of drug-likeness (QED) is 0.583. The summed E-state index contributed by atoms with van der Waals surface area (Å²) in [5, 5.41) is 0. The lowest BCUT2D eigenvalue weighted by atomic mass is 10.1. The summed E-state index contributed by atoms with van der Waals surface area (Å²) in [5.41, 5.74) is 1.80. The normalized spacial score (nSPS) is 11.6. The van der Waals surface area contributed by atoms with Crippen LogP contribution in [-0.2, 0) is 11.2 Å². The van der Waals surface area contributed by atoms with Crippen molar-refractivity contribution < 1.29 is 9.53 Å². The first-order valence-corrected chi connectivity index (χ1v) is 6.72. The molecule has 0 saturated carbocycles. The van der Waals surface area contributed by atoms with E-state index in [1.807, 2.05) is 36.4 Å². The molecule has 0 aromatic heterocycles. The van der Waals surface area contributed by atoms with Crippen LogP contribution in [0.5, 0.6) is 0 Å². The van der Waals surface area contributed by atoms with Gasteiger partial charge in [-0.15, -0.1) is 0 Å². The van der Waals surface area contributed by atoms with Crippen LogP contribution in [0.2, 0.25) is 0 Å². The first-order valence-electron chi connectivity index (χ1n) is 6.72. The number of rotatable bonds is 6. The van der Waals surface area contributed by atoms with E-state index in [2.05, 4.69) is 18.7 Å². The number of esters is 1. The lowest BCUT2D eigenvalue weighted by Crippen LogP contribution is -2.16. The summed E-state index contributed by atoms with van der Waals surface area (Å²) >= 11 is 0. The van der Waals surface area contributed by atoms with Gasteiger partial charge in [-0.2, -0.15) is 0 Å². The van der Waals surface area contributed by atoms with Crippen molar-refractivity contribution in [3.8, 4) is 0 Å². The zero-order valence-corrected chi connectivity index (χ0v) is 11.4. The number of aryl methyl sites for hydroxylation is 1. The molecule has 2 nitrogen and oxygen atoms in total. The third kappa shape index (κ3) is 4.09. The van der Waals surface area contributed by atoms with Crippen molar-refractivity contribution in [3.63, 3.8) is 0 Å². The smallest absolute Gasteiger partial charge is 0.338 e. The molecule has 0 bridgehead atoms. The van der Waals surface area contributed by atoms with Gasteiger partial charge in [0.15, 0.2) is 0 Å². The molecule has 0 aliphatic heterocycles. The summed E-state index contributed by atoms with van der Waals surface area (Å²) in [5.74, 6) is -0.302. The van der Waals surface area contributed by atoms with E-state index >= 15 is 0 Å². The molecule has 0 aliphatic carbocycles. The lowest BCUT2D eigenvalue weighted by Gasteiger charge is -2.14. The van der Waals surface area contributed by atoms with E-state index in [0.717, 1.165) is 12.8 Å². The van der Waals surface area contributed by atoms with Crippen molar-refractivity contribution in [3.05, 3.63) is 84.4 Å². The molecule has 0 fully saturated rings. The fraction of sp³-hybridized carbons (Fsp3) is 0.167. The average molecular weight is 266 g/mol. The molecule has 2 heteroatoms. The minimum Gasteiger partial charge on any atom is -0.455 e. The topological polar surface area (TPSA) is 26.3 Å². The Labute approximate surface area is 119 Å². The number of carbonyl (C=O) groups excluding carboxylic acids is 1. The number of hydrogen-bond donors (Lipinski definition) is 0. The van der Waals surface area contributed by atoms with Crippen LogP contribution in [0.3, 0.4) is 0 Å². The molecule has 2 rings (SSSR count). The number of benzene rings is 2. The second-order valence-electron chi connectivity index (χ2n) is 4.57. The Morgan fingerprint density at radius 2 is 1.65 bits per heavy atom. The fourth-order valence-electron chi connectivity index (χ4n) is 1.96. The lowest BCUT2D eigenvalue weighted by molar-refractivity contribution is 0.0381. The zero-order chi connectivity index (χ0) is 14.2. The second kappa shape index (κ2) is 7.29. The average Bonchev–Trinajstić information content (AvgIpc) is 2.53. The molecule has 1 atom stereocenters. The predicted molar refractivity (Wildman–Crippen MR) is 80.6 cm³/mol. The molecule has 0 saturated heterocycles. The monoisotopic (exact) mass is 266 g/mol. The van der Waals surface area contributed by atoms with Crippen molar-refractivity contribution in [1.82, 2.24) is 0 Å². The number of carbonyl (C=O) groups is 1. The summed E-state index contributed by atoms with van der Waals surface area (Å²) < 4.78 is 5.45. The van der Waals surface area contributed by atoms with Gasteiger partial charge in [-0.3, -0.25) is 0 Å². The molecule has 0 heterocycles. The Bertz CT molecular complexity index is 546. The van der Waals surface area contributed by atoms with E-state index in [-0.39, 0.29) is 12.1 Å². The van der Waals surface area contributed by atoms with E-state index in [1.165, 1.54) is 5.56 Å². The van der Waals surface area contributed by atoms with Gasteiger partial charge in [-0.25, -0.2) is 4.79 Å². The summed E-state index contributed by atoms with van der Waals surface area (Å²) in [4.78, 5) is 12.0. The van der Waals surface area contributed by atoms with Crippen molar-refractivity contribution in [2.24, 2.45) is 0 Å². The molecule has 0 N–H and O–H groups in total. The Morgan fingerprint density at radius 3 is 2.25 bits per heavy atom. The molecule has 0 amide bonds. The molecule has 102 valence electrons. The Morgan fingerprint density at radius 1 is 1.05 bits per heavy atom. The van der Waals surface area contributed by atoms with Gasteiger partial charge in [0.05, 0.1) is 5.56 Å².